The van der Waals surface area contributed by atoms with Gasteiger partial charge in [-0.2, -0.15) is 0 Å². The number of amides is 3. The van der Waals surface area contributed by atoms with Crippen LogP contribution in [-0.4, -0.2) is 16.8 Å². The van der Waals surface area contributed by atoms with E-state index in [1.807, 2.05) is 0 Å². The predicted octanol–water partition coefficient (Wildman–Crippen LogP) is 3.72. The molecule has 2 aromatic carbocycles. The highest BCUT2D eigenvalue weighted by Crippen LogP contribution is 2.33. The Kier molecular flexibility index (Phi) is 4.20. The summed E-state index contributed by atoms with van der Waals surface area (Å²) in [7, 11) is 0. The monoisotopic (exact) mass is 368 g/mol. The Bertz CT molecular complexity index is 870. The first-order valence-corrected chi connectivity index (χ1v) is 7.64. The Morgan fingerprint density at radius 1 is 1.12 bits per heavy atom. The van der Waals surface area contributed by atoms with Gasteiger partial charge in [0.05, 0.1) is 6.54 Å². The maximum absolute atomic E-state index is 14.1. The number of nitrogens with zero attached hydrogens (tertiary/aromatic N) is 1. The molecule has 1 fully saturated rings. The Morgan fingerprint density at radius 3 is 2.52 bits per heavy atom. The molecular weight excluding hydrogens is 357 g/mol. The lowest BCUT2D eigenvalue weighted by atomic mass is 9.91. The van der Waals surface area contributed by atoms with E-state index in [9.17, 15) is 22.8 Å². The molecule has 8 heteroatoms. The Hall–Kier alpha value is -2.54. The molecule has 0 bridgehead atoms. The Labute approximate surface area is 146 Å². The molecular formula is C17H12ClF3N2O2. The van der Waals surface area contributed by atoms with E-state index in [1.165, 1.54) is 19.1 Å². The molecule has 25 heavy (non-hydrogen) atoms. The smallest absolute Gasteiger partial charge is 0.319 e. The van der Waals surface area contributed by atoms with Gasteiger partial charge in [-0.25, -0.2) is 18.0 Å². The fourth-order valence-electron chi connectivity index (χ4n) is 2.75. The van der Waals surface area contributed by atoms with Gasteiger partial charge in [-0.3, -0.25) is 9.69 Å². The number of carbonyl (C=O) groups excluding carboxylic acids is 2. The summed E-state index contributed by atoms with van der Waals surface area (Å²) in [6, 6.07) is 5.71. The molecule has 0 unspecified atom stereocenters. The standard InChI is InChI=1S/C17H12ClF3N2O2/c1-17(11-7-9(19)5-6-14(11)21)15(24)23(16(25)22-17)8-10-12(18)3-2-4-13(10)20/h2-7H,8H2,1H3,(H,22,25)/t17-/m0/s1. The van der Waals surface area contributed by atoms with Crippen molar-refractivity contribution in [3.8, 4) is 0 Å². The van der Waals surface area contributed by atoms with Gasteiger partial charge in [0.25, 0.3) is 5.91 Å². The molecule has 0 saturated carbocycles. The highest BCUT2D eigenvalue weighted by atomic mass is 35.5. The minimum atomic E-state index is -1.80. The van der Waals surface area contributed by atoms with Crippen LogP contribution in [0, 0.1) is 17.5 Å². The summed E-state index contributed by atoms with van der Waals surface area (Å²) < 4.78 is 41.5. The molecule has 3 amide bonds. The van der Waals surface area contributed by atoms with E-state index < -0.39 is 41.5 Å². The minimum Gasteiger partial charge on any atom is -0.319 e. The van der Waals surface area contributed by atoms with Crippen LogP contribution in [0.1, 0.15) is 18.1 Å². The van der Waals surface area contributed by atoms with Crippen molar-refractivity contribution in [2.75, 3.05) is 0 Å². The highest BCUT2D eigenvalue weighted by molar-refractivity contribution is 6.31. The molecule has 3 rings (SSSR count). The molecule has 1 aliphatic heterocycles. The summed E-state index contributed by atoms with van der Waals surface area (Å²) in [6.07, 6.45) is 0. The van der Waals surface area contributed by atoms with Crippen molar-refractivity contribution in [1.29, 1.82) is 0 Å². The van der Waals surface area contributed by atoms with Crippen molar-refractivity contribution in [2.24, 2.45) is 0 Å². The Morgan fingerprint density at radius 2 is 1.84 bits per heavy atom. The molecule has 0 radical (unpaired) electrons. The zero-order valence-electron chi connectivity index (χ0n) is 12.9. The topological polar surface area (TPSA) is 49.4 Å². The number of rotatable bonds is 3. The summed E-state index contributed by atoms with van der Waals surface area (Å²) in [6.45, 7) is 0.830. The molecule has 0 spiro atoms. The number of carbonyl (C=O) groups is 2. The summed E-state index contributed by atoms with van der Waals surface area (Å²) in [5.74, 6) is -3.11. The number of halogens is 4. The van der Waals surface area contributed by atoms with E-state index in [0.29, 0.717) is 4.90 Å². The fraction of sp³-hybridized carbons (Fsp3) is 0.176. The minimum absolute atomic E-state index is 0.0448. The van der Waals surface area contributed by atoms with Crippen molar-refractivity contribution in [3.63, 3.8) is 0 Å². The molecule has 1 saturated heterocycles. The van der Waals surface area contributed by atoms with Crippen LogP contribution in [-0.2, 0) is 16.9 Å². The second-order valence-corrected chi connectivity index (χ2v) is 6.18. The lowest BCUT2D eigenvalue weighted by Gasteiger charge is -2.23. The quantitative estimate of drug-likeness (QED) is 0.839. The van der Waals surface area contributed by atoms with E-state index in [2.05, 4.69) is 5.32 Å². The average molecular weight is 369 g/mol. The van der Waals surface area contributed by atoms with Gasteiger partial charge in [0.15, 0.2) is 0 Å². The van der Waals surface area contributed by atoms with Crippen molar-refractivity contribution < 1.29 is 22.8 Å². The van der Waals surface area contributed by atoms with Crippen LogP contribution in [0.2, 0.25) is 5.02 Å². The van der Waals surface area contributed by atoms with E-state index >= 15 is 0 Å². The van der Waals surface area contributed by atoms with Crippen molar-refractivity contribution >= 4 is 23.5 Å². The normalized spacial score (nSPS) is 20.1. The predicted molar refractivity (Wildman–Crippen MR) is 84.2 cm³/mol. The average Bonchev–Trinajstić information content (AvgIpc) is 2.77. The Balaban J connectivity index is 1.99. The zero-order chi connectivity index (χ0) is 18.4. The van der Waals surface area contributed by atoms with E-state index in [4.69, 9.17) is 11.6 Å². The number of urea groups is 1. The maximum atomic E-state index is 14.1. The number of imide groups is 1. The van der Waals surface area contributed by atoms with Crippen molar-refractivity contribution in [1.82, 2.24) is 10.2 Å². The third kappa shape index (κ3) is 2.84. The van der Waals surface area contributed by atoms with Gasteiger partial charge in [0.2, 0.25) is 0 Å². The van der Waals surface area contributed by atoms with E-state index in [-0.39, 0.29) is 16.1 Å². The molecule has 4 nitrogen and oxygen atoms in total. The van der Waals surface area contributed by atoms with Crippen LogP contribution in [0.25, 0.3) is 0 Å². The van der Waals surface area contributed by atoms with Crippen LogP contribution in [0.5, 0.6) is 0 Å². The van der Waals surface area contributed by atoms with Gasteiger partial charge in [-0.05, 0) is 37.3 Å². The van der Waals surface area contributed by atoms with Gasteiger partial charge in [-0.15, -0.1) is 0 Å². The van der Waals surface area contributed by atoms with Crippen molar-refractivity contribution in [3.05, 3.63) is 70.0 Å². The first-order valence-electron chi connectivity index (χ1n) is 7.26. The lowest BCUT2D eigenvalue weighted by Crippen LogP contribution is -2.41. The number of nitrogens with one attached hydrogen (secondary N) is 1. The summed E-state index contributed by atoms with van der Waals surface area (Å²) in [5.41, 5.74) is -2.16. The molecule has 1 atom stereocenters. The molecule has 0 aromatic heterocycles. The summed E-state index contributed by atoms with van der Waals surface area (Å²) in [4.78, 5) is 25.6. The molecule has 1 heterocycles. The number of benzene rings is 2. The van der Waals surface area contributed by atoms with E-state index in [0.717, 1.165) is 24.3 Å². The molecule has 1 aliphatic rings. The number of hydrogen-bond donors (Lipinski definition) is 1. The van der Waals surface area contributed by atoms with Gasteiger partial charge in [0.1, 0.15) is 23.0 Å². The van der Waals surface area contributed by atoms with E-state index in [1.54, 1.807) is 0 Å². The molecule has 2 aromatic rings. The van der Waals surface area contributed by atoms with Crippen LogP contribution in [0.4, 0.5) is 18.0 Å². The maximum Gasteiger partial charge on any atom is 0.325 e. The van der Waals surface area contributed by atoms with Gasteiger partial charge in [0, 0.05) is 16.1 Å². The fourth-order valence-corrected chi connectivity index (χ4v) is 2.97. The molecule has 130 valence electrons. The van der Waals surface area contributed by atoms with Crippen LogP contribution < -0.4 is 5.32 Å². The molecule has 1 N–H and O–H groups in total. The summed E-state index contributed by atoms with van der Waals surface area (Å²) >= 11 is 5.92. The SMILES string of the molecule is C[C@@]1(c2cc(F)ccc2F)NC(=O)N(Cc2c(F)cccc2Cl)C1=O. The van der Waals surface area contributed by atoms with Gasteiger partial charge < -0.3 is 5.32 Å². The van der Waals surface area contributed by atoms with Crippen LogP contribution in [0.3, 0.4) is 0 Å². The lowest BCUT2D eigenvalue weighted by molar-refractivity contribution is -0.131. The number of hydrogen-bond acceptors (Lipinski definition) is 2. The second kappa shape index (κ2) is 6.07. The first kappa shape index (κ1) is 17.3. The zero-order valence-corrected chi connectivity index (χ0v) is 13.7. The third-order valence-corrected chi connectivity index (χ3v) is 4.47. The van der Waals surface area contributed by atoms with Crippen molar-refractivity contribution in [2.45, 2.75) is 19.0 Å². The molecule has 0 aliphatic carbocycles. The van der Waals surface area contributed by atoms with Gasteiger partial charge in [-0.1, -0.05) is 17.7 Å². The third-order valence-electron chi connectivity index (χ3n) is 4.12. The van der Waals surface area contributed by atoms with Crippen LogP contribution >= 0.6 is 11.6 Å². The largest absolute Gasteiger partial charge is 0.325 e. The second-order valence-electron chi connectivity index (χ2n) is 5.77. The first-order chi connectivity index (χ1) is 11.7. The highest BCUT2D eigenvalue weighted by Gasteiger charge is 2.50. The summed E-state index contributed by atoms with van der Waals surface area (Å²) in [5, 5.41) is 2.39. The van der Waals surface area contributed by atoms with Gasteiger partial charge >= 0.3 is 6.03 Å². The van der Waals surface area contributed by atoms with Crippen LogP contribution in [0.15, 0.2) is 36.4 Å².